The quantitative estimate of drug-likeness (QED) is 0.388. The van der Waals surface area contributed by atoms with Crippen LogP contribution >= 0.6 is 35.1 Å². The fourth-order valence-corrected chi connectivity index (χ4v) is 24.4. The summed E-state index contributed by atoms with van der Waals surface area (Å²) in [4.78, 5) is 0. The minimum absolute atomic E-state index is 0.587. The van der Waals surface area contributed by atoms with Crippen LogP contribution in [0.3, 0.4) is 0 Å². The number of hydrogen-bond donors (Lipinski definition) is 0. The summed E-state index contributed by atoms with van der Waals surface area (Å²) in [6.07, 6.45) is 0. The minimum atomic E-state index is 0.587. The van der Waals surface area contributed by atoms with E-state index in [0.29, 0.717) is 14.2 Å². The van der Waals surface area contributed by atoms with E-state index in [-0.39, 0.29) is 0 Å². The molecular formula is C2H4P2S2. The van der Waals surface area contributed by atoms with Gasteiger partial charge in [-0.2, -0.15) is 0 Å². The molecule has 0 nitrogen and oxygen atoms in total. The Bertz CT molecular complexity index is 56.4. The van der Waals surface area contributed by atoms with Crippen molar-refractivity contribution in [3.8, 4) is 0 Å². The topological polar surface area (TPSA) is 0 Å². The third-order valence-electron chi connectivity index (χ3n) is 0.875. The Morgan fingerprint density at radius 3 is 1.67 bits per heavy atom. The molecule has 3 saturated heterocycles. The van der Waals surface area contributed by atoms with Crippen molar-refractivity contribution in [2.24, 2.45) is 0 Å². The van der Waals surface area contributed by atoms with E-state index in [1.54, 1.807) is 11.8 Å². The van der Waals surface area contributed by atoms with Gasteiger partial charge >= 0.3 is 0 Å². The van der Waals surface area contributed by atoms with Crippen molar-refractivity contribution < 1.29 is 0 Å². The highest BCUT2D eigenvalue weighted by molar-refractivity contribution is 9.20. The number of hydrogen-bond acceptors (Lipinski definition) is 2. The molecule has 0 amide bonds. The second-order valence-electron chi connectivity index (χ2n) is 1.40. The van der Waals surface area contributed by atoms with Gasteiger partial charge in [0.05, 0.1) is 0 Å². The van der Waals surface area contributed by atoms with Crippen molar-refractivity contribution >= 4 is 35.1 Å². The smallest absolute Gasteiger partial charge is 0.00880 e. The Hall–Kier alpha value is 1.56. The second-order valence-corrected chi connectivity index (χ2v) is 12.6. The van der Waals surface area contributed by atoms with E-state index < -0.39 is 0 Å². The molecule has 0 aliphatic carbocycles. The maximum atomic E-state index is 2.18. The average molecular weight is 154 g/mol. The zero-order valence-corrected chi connectivity index (χ0v) is 6.55. The van der Waals surface area contributed by atoms with Gasteiger partial charge in [-0.15, -0.1) is 0 Å². The van der Waals surface area contributed by atoms with Crippen LogP contribution in [0.15, 0.2) is 0 Å². The molecule has 3 aliphatic heterocycles. The van der Waals surface area contributed by atoms with Gasteiger partial charge in [0, 0.05) is 11.8 Å². The van der Waals surface area contributed by atoms with Crippen LogP contribution in [-0.4, -0.2) is 11.8 Å². The van der Waals surface area contributed by atoms with Crippen LogP contribution in [0.1, 0.15) is 0 Å². The van der Waals surface area contributed by atoms with Crippen molar-refractivity contribution in [1.82, 2.24) is 0 Å². The summed E-state index contributed by atoms with van der Waals surface area (Å²) in [5.41, 5.74) is 0. The summed E-state index contributed by atoms with van der Waals surface area (Å²) >= 11 is 0. The lowest BCUT2D eigenvalue weighted by molar-refractivity contribution is 1.93. The maximum Gasteiger partial charge on any atom is 0.00880 e. The summed E-state index contributed by atoms with van der Waals surface area (Å²) in [6, 6.07) is 0. The predicted octanol–water partition coefficient (Wildman–Crippen LogP) is 3.10. The first-order valence-electron chi connectivity index (χ1n) is 1.80. The summed E-state index contributed by atoms with van der Waals surface area (Å²) in [7, 11) is 5.54. The monoisotopic (exact) mass is 154 g/mol. The van der Waals surface area contributed by atoms with Crippen molar-refractivity contribution in [1.29, 1.82) is 0 Å². The summed E-state index contributed by atoms with van der Waals surface area (Å²) in [5, 5.41) is 0. The van der Waals surface area contributed by atoms with Crippen LogP contribution in [-0.2, 0) is 0 Å². The highest BCUT2D eigenvalue weighted by atomic mass is 33.5. The van der Waals surface area contributed by atoms with Crippen LogP contribution in [0, 0.1) is 0 Å². The average Bonchev–Trinajstić information content (AvgIpc) is 1.72. The van der Waals surface area contributed by atoms with E-state index in [2.05, 4.69) is 20.8 Å². The van der Waals surface area contributed by atoms with Crippen molar-refractivity contribution in [2.75, 3.05) is 11.8 Å². The Labute approximate surface area is 47.2 Å². The molecule has 0 saturated carbocycles. The Kier molecular flexibility index (Phi) is 1.12. The highest BCUT2D eigenvalue weighted by Crippen LogP contribution is 2.93. The molecule has 0 aromatic heterocycles. The third kappa shape index (κ3) is 0.545. The zero-order valence-electron chi connectivity index (χ0n) is 3.13. The molecule has 6 heavy (non-hydrogen) atoms. The summed E-state index contributed by atoms with van der Waals surface area (Å²) in [5.74, 6) is 3.28. The summed E-state index contributed by atoms with van der Waals surface area (Å²) < 4.78 is 0. The predicted molar refractivity (Wildman–Crippen MR) is 38.8 cm³/mol. The first-order valence-corrected chi connectivity index (χ1v) is 8.58. The van der Waals surface area contributed by atoms with Crippen molar-refractivity contribution in [3.63, 3.8) is 0 Å². The normalized spacial score (nSPS) is 52.0. The number of fused-ring (bicyclic) bond motifs is 1. The Morgan fingerprint density at radius 2 is 1.50 bits per heavy atom. The maximum absolute atomic E-state index is 2.18. The van der Waals surface area contributed by atoms with E-state index in [4.69, 9.17) is 0 Å². The number of rotatable bonds is 0. The Morgan fingerprint density at radius 1 is 1.00 bits per heavy atom. The molecule has 3 aliphatic rings. The molecule has 0 aromatic rings. The van der Waals surface area contributed by atoms with Crippen LogP contribution in [0.5, 0.6) is 0 Å². The van der Waals surface area contributed by atoms with Gasteiger partial charge in [0.15, 0.2) is 0 Å². The van der Waals surface area contributed by atoms with Crippen LogP contribution < -0.4 is 0 Å². The van der Waals surface area contributed by atoms with Crippen LogP contribution in [0.2, 0.25) is 0 Å². The zero-order chi connectivity index (χ0) is 3.98. The molecule has 2 bridgehead atoms. The largest absolute Gasteiger partial charge is 0.0615 e. The van der Waals surface area contributed by atoms with E-state index in [9.17, 15) is 0 Å². The molecule has 3 rings (SSSR count). The van der Waals surface area contributed by atoms with E-state index in [0.717, 1.165) is 0 Å². The minimum Gasteiger partial charge on any atom is -0.0615 e. The van der Waals surface area contributed by atoms with Crippen molar-refractivity contribution in [3.05, 3.63) is 0 Å². The molecule has 0 N–H and O–H groups in total. The molecule has 3 fully saturated rings. The fourth-order valence-electron chi connectivity index (χ4n) is 0.499. The molecule has 0 aromatic carbocycles. The molecule has 0 unspecified atom stereocenters. The lowest BCUT2D eigenvalue weighted by Gasteiger charge is -2.17. The first-order chi connectivity index (χ1) is 2.95. The lowest BCUT2D eigenvalue weighted by atomic mass is 11.8. The fraction of sp³-hybridized carbons (Fsp3) is 1.00. The molecule has 0 radical (unpaired) electrons. The van der Waals surface area contributed by atoms with Gasteiger partial charge < -0.3 is 0 Å². The lowest BCUT2D eigenvalue weighted by Crippen LogP contribution is -1.85. The van der Waals surface area contributed by atoms with Gasteiger partial charge in [-0.25, -0.2) is 0 Å². The third-order valence-corrected chi connectivity index (χ3v) is 18.2. The van der Waals surface area contributed by atoms with Gasteiger partial charge in [-0.1, -0.05) is 20.8 Å². The van der Waals surface area contributed by atoms with Crippen LogP contribution in [0.25, 0.3) is 0 Å². The molecule has 34 valence electrons. The Balaban J connectivity index is 2.16. The van der Waals surface area contributed by atoms with E-state index in [1.165, 1.54) is 0 Å². The van der Waals surface area contributed by atoms with Gasteiger partial charge in [-0.05, 0) is 14.2 Å². The van der Waals surface area contributed by atoms with Crippen LogP contribution in [0.4, 0.5) is 0 Å². The standard InChI is InChI=1S/C2H4P2S2/c1-3-2-4(1)6-5-3/h1-2H2. The van der Waals surface area contributed by atoms with Crippen molar-refractivity contribution in [2.45, 2.75) is 0 Å². The molecule has 4 heteroatoms. The van der Waals surface area contributed by atoms with Gasteiger partial charge in [0.1, 0.15) is 0 Å². The van der Waals surface area contributed by atoms with Gasteiger partial charge in [-0.3, -0.25) is 0 Å². The molecule has 0 spiro atoms. The molecule has 3 heterocycles. The van der Waals surface area contributed by atoms with E-state index >= 15 is 0 Å². The van der Waals surface area contributed by atoms with Gasteiger partial charge in [0.2, 0.25) is 0 Å². The highest BCUT2D eigenvalue weighted by Gasteiger charge is 2.37. The SMILES string of the molecule is C1P2CP1SS2. The van der Waals surface area contributed by atoms with E-state index in [1.807, 2.05) is 0 Å². The molecule has 0 atom stereocenters. The van der Waals surface area contributed by atoms with Gasteiger partial charge in [0.25, 0.3) is 0 Å². The second kappa shape index (κ2) is 1.52. The molecular weight excluding hydrogens is 150 g/mol. The first kappa shape index (κ1) is 4.44. The summed E-state index contributed by atoms with van der Waals surface area (Å²) in [6.45, 7) is 0.